The summed E-state index contributed by atoms with van der Waals surface area (Å²) in [6, 6.07) is 9.67. The zero-order valence-corrected chi connectivity index (χ0v) is 15.5. The molecular formula is C19H30N2O4. The Labute approximate surface area is 150 Å². The summed E-state index contributed by atoms with van der Waals surface area (Å²) in [7, 11) is 1.70. The summed E-state index contributed by atoms with van der Waals surface area (Å²) in [4.78, 5) is 25.1. The number of hydrogen-bond acceptors (Lipinski definition) is 5. The van der Waals surface area contributed by atoms with E-state index in [9.17, 15) is 9.59 Å². The third kappa shape index (κ3) is 10.5. The minimum atomic E-state index is -0.370. The third-order valence-corrected chi connectivity index (χ3v) is 3.56. The van der Waals surface area contributed by atoms with Crippen molar-refractivity contribution in [1.82, 2.24) is 10.2 Å². The molecule has 1 rings (SSSR count). The highest BCUT2D eigenvalue weighted by atomic mass is 16.7. The molecule has 0 saturated carbocycles. The molecule has 6 nitrogen and oxygen atoms in total. The van der Waals surface area contributed by atoms with Crippen molar-refractivity contribution in [3.63, 3.8) is 0 Å². The van der Waals surface area contributed by atoms with Gasteiger partial charge in [0.25, 0.3) is 0 Å². The Balaban J connectivity index is 2.07. The van der Waals surface area contributed by atoms with Crippen molar-refractivity contribution in [1.29, 1.82) is 0 Å². The smallest absolute Gasteiger partial charge is 0.309 e. The number of hydrogen-bond donors (Lipinski definition) is 1. The average molecular weight is 350 g/mol. The molecule has 0 radical (unpaired) electrons. The molecule has 0 heterocycles. The predicted molar refractivity (Wildman–Crippen MR) is 96.8 cm³/mol. The highest BCUT2D eigenvalue weighted by Gasteiger charge is 2.11. The number of carbonyl (C=O) groups is 2. The lowest BCUT2D eigenvalue weighted by Gasteiger charge is -2.17. The Morgan fingerprint density at radius 3 is 2.56 bits per heavy atom. The van der Waals surface area contributed by atoms with Gasteiger partial charge in [-0.05, 0) is 18.0 Å². The van der Waals surface area contributed by atoms with Gasteiger partial charge in [-0.25, -0.2) is 0 Å². The van der Waals surface area contributed by atoms with Crippen LogP contribution in [0.2, 0.25) is 0 Å². The van der Waals surface area contributed by atoms with Gasteiger partial charge in [0.05, 0.1) is 13.0 Å². The second-order valence-electron chi connectivity index (χ2n) is 6.38. The summed E-state index contributed by atoms with van der Waals surface area (Å²) < 4.78 is 10.3. The van der Waals surface area contributed by atoms with Crippen LogP contribution in [0.25, 0.3) is 0 Å². The van der Waals surface area contributed by atoms with E-state index in [0.717, 1.165) is 12.1 Å². The van der Waals surface area contributed by atoms with Crippen molar-refractivity contribution in [3.8, 4) is 0 Å². The van der Waals surface area contributed by atoms with Crippen LogP contribution in [0, 0.1) is 5.92 Å². The van der Waals surface area contributed by atoms with Gasteiger partial charge in [0.2, 0.25) is 5.91 Å². The molecule has 1 N–H and O–H groups in total. The molecule has 0 bridgehead atoms. The van der Waals surface area contributed by atoms with Gasteiger partial charge in [0, 0.05) is 26.6 Å². The van der Waals surface area contributed by atoms with E-state index in [4.69, 9.17) is 9.47 Å². The average Bonchev–Trinajstić information content (AvgIpc) is 2.60. The molecule has 0 spiro atoms. The maximum absolute atomic E-state index is 11.9. The van der Waals surface area contributed by atoms with Crippen LogP contribution < -0.4 is 5.32 Å². The molecule has 0 unspecified atom stereocenters. The quantitative estimate of drug-likeness (QED) is 0.356. The van der Waals surface area contributed by atoms with Crippen molar-refractivity contribution < 1.29 is 19.1 Å². The Morgan fingerprint density at radius 2 is 1.88 bits per heavy atom. The summed E-state index contributed by atoms with van der Waals surface area (Å²) in [5, 5.41) is 3.23. The van der Waals surface area contributed by atoms with E-state index in [-0.39, 0.29) is 25.1 Å². The van der Waals surface area contributed by atoms with E-state index in [1.54, 1.807) is 11.9 Å². The Bertz CT molecular complexity index is 505. The largest absolute Gasteiger partial charge is 0.438 e. The second kappa shape index (κ2) is 12.4. The van der Waals surface area contributed by atoms with Gasteiger partial charge in [0.1, 0.15) is 0 Å². The van der Waals surface area contributed by atoms with Gasteiger partial charge in [-0.2, -0.15) is 0 Å². The summed E-state index contributed by atoms with van der Waals surface area (Å²) >= 11 is 0. The van der Waals surface area contributed by atoms with Crippen molar-refractivity contribution >= 4 is 11.9 Å². The van der Waals surface area contributed by atoms with Crippen LogP contribution >= 0.6 is 0 Å². The van der Waals surface area contributed by atoms with E-state index >= 15 is 0 Å². The summed E-state index contributed by atoms with van der Waals surface area (Å²) in [5.41, 5.74) is 1.02. The number of nitrogens with zero attached hydrogens (tertiary/aromatic N) is 1. The van der Waals surface area contributed by atoms with Crippen LogP contribution in [0.4, 0.5) is 0 Å². The molecule has 0 aliphatic rings. The van der Waals surface area contributed by atoms with Crippen LogP contribution in [0.5, 0.6) is 0 Å². The number of benzene rings is 1. The van der Waals surface area contributed by atoms with Gasteiger partial charge in [-0.1, -0.05) is 44.2 Å². The van der Waals surface area contributed by atoms with Crippen molar-refractivity contribution in [2.24, 2.45) is 5.92 Å². The van der Waals surface area contributed by atoms with E-state index in [1.165, 1.54) is 0 Å². The first-order valence-corrected chi connectivity index (χ1v) is 8.71. The number of amides is 1. The van der Waals surface area contributed by atoms with Crippen molar-refractivity contribution in [2.45, 2.75) is 33.3 Å². The normalized spacial score (nSPS) is 10.7. The first-order valence-electron chi connectivity index (χ1n) is 8.71. The van der Waals surface area contributed by atoms with Gasteiger partial charge in [-0.15, -0.1) is 0 Å². The Hall–Kier alpha value is -1.92. The number of ether oxygens (including phenoxy) is 2. The molecule has 1 amide bonds. The van der Waals surface area contributed by atoms with Crippen LogP contribution in [0.15, 0.2) is 30.3 Å². The third-order valence-electron chi connectivity index (χ3n) is 3.56. The standard InChI is InChI=1S/C19H30N2O4/c1-16(2)13-20-11-9-18(22)21(3)12-10-19(23)25-15-24-14-17-7-5-4-6-8-17/h4-8,16,20H,9-15H2,1-3H3. The molecule has 0 aromatic heterocycles. The van der Waals surface area contributed by atoms with Gasteiger partial charge >= 0.3 is 5.97 Å². The number of esters is 1. The van der Waals surface area contributed by atoms with E-state index in [1.807, 2.05) is 30.3 Å². The number of nitrogens with one attached hydrogen (secondary N) is 1. The molecule has 1 aromatic rings. The topological polar surface area (TPSA) is 67.9 Å². The molecule has 0 aliphatic heterocycles. The molecule has 0 atom stereocenters. The zero-order valence-electron chi connectivity index (χ0n) is 15.5. The Morgan fingerprint density at radius 1 is 1.16 bits per heavy atom. The highest BCUT2D eigenvalue weighted by Crippen LogP contribution is 2.01. The summed E-state index contributed by atoms with van der Waals surface area (Å²) in [5.74, 6) is 0.210. The fraction of sp³-hybridized carbons (Fsp3) is 0.579. The van der Waals surface area contributed by atoms with Crippen molar-refractivity contribution in [2.75, 3.05) is 33.5 Å². The first-order chi connectivity index (χ1) is 12.0. The summed E-state index contributed by atoms with van der Waals surface area (Å²) in [6.07, 6.45) is 0.592. The highest BCUT2D eigenvalue weighted by molar-refractivity contribution is 5.77. The van der Waals surface area contributed by atoms with E-state index in [2.05, 4.69) is 19.2 Å². The first kappa shape index (κ1) is 21.1. The molecule has 0 saturated heterocycles. The lowest BCUT2D eigenvalue weighted by atomic mass is 10.2. The van der Waals surface area contributed by atoms with Crippen molar-refractivity contribution in [3.05, 3.63) is 35.9 Å². The fourth-order valence-electron chi connectivity index (χ4n) is 2.07. The van der Waals surface area contributed by atoms with E-state index in [0.29, 0.717) is 32.0 Å². The van der Waals surface area contributed by atoms with Crippen LogP contribution in [0.1, 0.15) is 32.3 Å². The van der Waals surface area contributed by atoms with Crippen LogP contribution in [-0.4, -0.2) is 50.3 Å². The number of carbonyl (C=O) groups excluding carboxylic acids is 2. The molecule has 0 aliphatic carbocycles. The monoisotopic (exact) mass is 350 g/mol. The van der Waals surface area contributed by atoms with Gasteiger partial charge in [-0.3, -0.25) is 9.59 Å². The second-order valence-corrected chi connectivity index (χ2v) is 6.38. The summed E-state index contributed by atoms with van der Waals surface area (Å²) in [6.45, 7) is 6.46. The molecule has 25 heavy (non-hydrogen) atoms. The molecular weight excluding hydrogens is 320 g/mol. The van der Waals surface area contributed by atoms with Crippen LogP contribution in [-0.2, 0) is 25.7 Å². The molecule has 1 aromatic carbocycles. The minimum absolute atomic E-state index is 0.0179. The number of rotatable bonds is 12. The molecule has 140 valence electrons. The van der Waals surface area contributed by atoms with Gasteiger partial charge < -0.3 is 19.7 Å². The van der Waals surface area contributed by atoms with E-state index < -0.39 is 0 Å². The van der Waals surface area contributed by atoms with Gasteiger partial charge in [0.15, 0.2) is 6.79 Å². The molecule has 0 fully saturated rings. The SMILES string of the molecule is CC(C)CNCCC(=O)N(C)CCC(=O)OCOCc1ccccc1. The molecule has 6 heteroatoms. The Kier molecular flexibility index (Phi) is 10.5. The predicted octanol–water partition coefficient (Wildman–Crippen LogP) is 2.19. The lowest BCUT2D eigenvalue weighted by Crippen LogP contribution is -2.32. The maximum Gasteiger partial charge on any atom is 0.309 e. The minimum Gasteiger partial charge on any atom is -0.438 e. The fourth-order valence-corrected chi connectivity index (χ4v) is 2.07. The maximum atomic E-state index is 11.9. The zero-order chi connectivity index (χ0) is 18.5. The lowest BCUT2D eigenvalue weighted by molar-refractivity contribution is -0.157. The van der Waals surface area contributed by atoms with Crippen LogP contribution in [0.3, 0.4) is 0 Å².